The number of aryl methyl sites for hydroxylation is 1. The highest BCUT2D eigenvalue weighted by Crippen LogP contribution is 2.63. The molecule has 0 saturated carbocycles. The number of hydrogen-bond donors (Lipinski definition) is 0. The molecule has 2 aliphatic rings. The Kier molecular flexibility index (Phi) is 7.55. The minimum Gasteiger partial charge on any atom is -0.457 e. The van der Waals surface area contributed by atoms with Crippen molar-refractivity contribution in [1.82, 2.24) is 15.0 Å². The summed E-state index contributed by atoms with van der Waals surface area (Å²) in [6, 6.07) is 48.5. The lowest BCUT2D eigenvalue weighted by Crippen LogP contribution is -2.27. The molecular formula is C48H37N3O. The van der Waals surface area contributed by atoms with Crippen LogP contribution in [0.1, 0.15) is 47.2 Å². The molecule has 0 radical (unpaired) electrons. The van der Waals surface area contributed by atoms with Gasteiger partial charge >= 0.3 is 0 Å². The highest BCUT2D eigenvalue weighted by Gasteiger charge is 2.52. The van der Waals surface area contributed by atoms with Gasteiger partial charge in [-0.2, -0.15) is 0 Å². The number of nitrogens with zero attached hydrogens (tertiary/aromatic N) is 3. The molecular weight excluding hydrogens is 635 g/mol. The molecule has 6 aromatic carbocycles. The number of ether oxygens (including phenoxy) is 1. The second-order valence-corrected chi connectivity index (χ2v) is 13.6. The summed E-state index contributed by atoms with van der Waals surface area (Å²) in [5, 5.41) is 0. The highest BCUT2D eigenvalue weighted by atomic mass is 16.5. The van der Waals surface area contributed by atoms with Crippen molar-refractivity contribution in [2.75, 3.05) is 0 Å². The molecule has 4 nitrogen and oxygen atoms in total. The van der Waals surface area contributed by atoms with Crippen LogP contribution in [0.15, 0.2) is 157 Å². The monoisotopic (exact) mass is 671 g/mol. The maximum Gasteiger partial charge on any atom is 0.164 e. The SMILES string of the molecule is C/C=C\C1=C(C)C2(c3ccccc31)c1cc(-c3nc(-c4ccccc4)nc(-c4ccccc4)n3)ccc1-c1ccc(Oc3ccccc3C)c(C)c12. The Labute approximate surface area is 304 Å². The molecule has 0 saturated heterocycles. The third-order valence-corrected chi connectivity index (χ3v) is 10.7. The van der Waals surface area contributed by atoms with Gasteiger partial charge < -0.3 is 4.74 Å². The minimum atomic E-state index is -0.543. The van der Waals surface area contributed by atoms with E-state index in [4.69, 9.17) is 19.7 Å². The first kappa shape index (κ1) is 31.6. The molecule has 0 N–H and O–H groups in total. The van der Waals surface area contributed by atoms with E-state index < -0.39 is 5.41 Å². The van der Waals surface area contributed by atoms with Crippen LogP contribution in [0.25, 0.3) is 50.9 Å². The molecule has 9 rings (SSSR count). The van der Waals surface area contributed by atoms with Crippen molar-refractivity contribution in [2.24, 2.45) is 0 Å². The van der Waals surface area contributed by atoms with Crippen molar-refractivity contribution in [3.63, 3.8) is 0 Å². The van der Waals surface area contributed by atoms with E-state index >= 15 is 0 Å². The van der Waals surface area contributed by atoms with Gasteiger partial charge in [0.1, 0.15) is 11.5 Å². The lowest BCUT2D eigenvalue weighted by Gasteiger charge is -2.33. The van der Waals surface area contributed by atoms with E-state index in [1.807, 2.05) is 78.9 Å². The predicted octanol–water partition coefficient (Wildman–Crippen LogP) is 12.0. The maximum atomic E-state index is 6.71. The number of benzene rings is 6. The molecule has 0 aliphatic heterocycles. The topological polar surface area (TPSA) is 47.9 Å². The fraction of sp³-hybridized carbons (Fsp3) is 0.104. The zero-order valence-electron chi connectivity index (χ0n) is 29.7. The highest BCUT2D eigenvalue weighted by molar-refractivity contribution is 5.98. The van der Waals surface area contributed by atoms with Gasteiger partial charge in [-0.25, -0.2) is 15.0 Å². The fourth-order valence-corrected chi connectivity index (χ4v) is 8.30. The van der Waals surface area contributed by atoms with Gasteiger partial charge in [0, 0.05) is 16.7 Å². The van der Waals surface area contributed by atoms with Crippen LogP contribution in [0.3, 0.4) is 0 Å². The lowest BCUT2D eigenvalue weighted by atomic mass is 9.68. The molecule has 1 spiro atoms. The van der Waals surface area contributed by atoms with Crippen LogP contribution in [-0.4, -0.2) is 15.0 Å². The minimum absolute atomic E-state index is 0.543. The van der Waals surface area contributed by atoms with Gasteiger partial charge in [0.25, 0.3) is 0 Å². The van der Waals surface area contributed by atoms with Crippen molar-refractivity contribution in [3.8, 4) is 56.8 Å². The standard InChI is InChI=1S/C48H37N3O/c1-5-16-36-32(4)48(40-23-14-13-22-37(36)40)41-29-35(47-50-45(33-18-8-6-9-19-33)49-46(51-47)34-20-10-7-11-21-34)25-26-38(41)39-27-28-43(31(3)44(39)48)52-42-24-15-12-17-30(42)2/h5-29H,1-4H3/b16-5-. The van der Waals surface area contributed by atoms with Crippen LogP contribution in [0.5, 0.6) is 11.5 Å². The quantitative estimate of drug-likeness (QED) is 0.177. The number of aromatic nitrogens is 3. The summed E-state index contributed by atoms with van der Waals surface area (Å²) < 4.78 is 6.71. The van der Waals surface area contributed by atoms with Crippen molar-refractivity contribution >= 4 is 5.57 Å². The summed E-state index contributed by atoms with van der Waals surface area (Å²) in [5.41, 5.74) is 14.5. The number of hydrogen-bond acceptors (Lipinski definition) is 4. The predicted molar refractivity (Wildman–Crippen MR) is 211 cm³/mol. The first-order valence-electron chi connectivity index (χ1n) is 17.8. The Morgan fingerprint density at radius 2 is 1.12 bits per heavy atom. The van der Waals surface area contributed by atoms with E-state index in [0.29, 0.717) is 17.5 Å². The van der Waals surface area contributed by atoms with Gasteiger partial charge in [0.15, 0.2) is 17.5 Å². The van der Waals surface area contributed by atoms with Gasteiger partial charge in [-0.05, 0) is 102 Å². The van der Waals surface area contributed by atoms with Crippen LogP contribution in [-0.2, 0) is 5.41 Å². The summed E-state index contributed by atoms with van der Waals surface area (Å²) >= 11 is 0. The van der Waals surface area contributed by atoms with E-state index in [2.05, 4.69) is 101 Å². The van der Waals surface area contributed by atoms with Gasteiger partial charge in [-0.1, -0.05) is 133 Å². The average Bonchev–Trinajstić information content (AvgIpc) is 3.63. The Balaban J connectivity index is 1.31. The number of rotatable bonds is 6. The van der Waals surface area contributed by atoms with E-state index in [9.17, 15) is 0 Å². The van der Waals surface area contributed by atoms with Gasteiger partial charge in [-0.15, -0.1) is 0 Å². The normalized spacial score (nSPS) is 15.6. The Bertz CT molecular complexity index is 2530. The Morgan fingerprint density at radius 1 is 0.519 bits per heavy atom. The Hall–Kier alpha value is -6.39. The van der Waals surface area contributed by atoms with Crippen LogP contribution >= 0.6 is 0 Å². The molecule has 250 valence electrons. The second kappa shape index (κ2) is 12.4. The summed E-state index contributed by atoms with van der Waals surface area (Å²) in [5.74, 6) is 3.67. The first-order valence-corrected chi connectivity index (χ1v) is 17.8. The fourth-order valence-electron chi connectivity index (χ4n) is 8.30. The van der Waals surface area contributed by atoms with E-state index in [0.717, 1.165) is 39.3 Å². The van der Waals surface area contributed by atoms with Crippen LogP contribution in [0.2, 0.25) is 0 Å². The summed E-state index contributed by atoms with van der Waals surface area (Å²) in [7, 11) is 0. The van der Waals surface area contributed by atoms with Gasteiger partial charge in [0.05, 0.1) is 5.41 Å². The zero-order valence-corrected chi connectivity index (χ0v) is 29.7. The first-order chi connectivity index (χ1) is 25.5. The number of para-hydroxylation sites is 1. The molecule has 1 atom stereocenters. The second-order valence-electron chi connectivity index (χ2n) is 13.6. The molecule has 2 aliphatic carbocycles. The summed E-state index contributed by atoms with van der Waals surface area (Å²) in [4.78, 5) is 15.2. The van der Waals surface area contributed by atoms with Crippen molar-refractivity contribution < 1.29 is 4.74 Å². The van der Waals surface area contributed by atoms with Crippen molar-refractivity contribution in [1.29, 1.82) is 0 Å². The lowest BCUT2D eigenvalue weighted by molar-refractivity contribution is 0.473. The molecule has 0 fully saturated rings. The molecule has 52 heavy (non-hydrogen) atoms. The van der Waals surface area contributed by atoms with E-state index in [-0.39, 0.29) is 0 Å². The van der Waals surface area contributed by atoms with Crippen molar-refractivity contribution in [3.05, 3.63) is 191 Å². The molecule has 4 heteroatoms. The van der Waals surface area contributed by atoms with Crippen molar-refractivity contribution in [2.45, 2.75) is 33.1 Å². The molecule has 1 unspecified atom stereocenters. The molecule has 0 bridgehead atoms. The average molecular weight is 672 g/mol. The van der Waals surface area contributed by atoms with Crippen LogP contribution in [0, 0.1) is 13.8 Å². The molecule has 1 aromatic heterocycles. The maximum absolute atomic E-state index is 6.71. The zero-order chi connectivity index (χ0) is 35.4. The summed E-state index contributed by atoms with van der Waals surface area (Å²) in [6.45, 7) is 8.71. The third-order valence-electron chi connectivity index (χ3n) is 10.7. The largest absolute Gasteiger partial charge is 0.457 e. The Morgan fingerprint density at radius 3 is 1.79 bits per heavy atom. The molecule has 7 aromatic rings. The van der Waals surface area contributed by atoms with Gasteiger partial charge in [0.2, 0.25) is 0 Å². The molecule has 0 amide bonds. The summed E-state index contributed by atoms with van der Waals surface area (Å²) in [6.07, 6.45) is 4.41. The number of fused-ring (bicyclic) bond motifs is 7. The molecule has 1 heterocycles. The van der Waals surface area contributed by atoms with Gasteiger partial charge in [-0.3, -0.25) is 0 Å². The van der Waals surface area contributed by atoms with E-state index in [1.165, 1.54) is 44.5 Å². The van der Waals surface area contributed by atoms with Crippen LogP contribution < -0.4 is 4.74 Å². The van der Waals surface area contributed by atoms with E-state index in [1.54, 1.807) is 0 Å². The number of allylic oxidation sites excluding steroid dienone is 4. The third kappa shape index (κ3) is 4.79. The smallest absolute Gasteiger partial charge is 0.164 e. The van der Waals surface area contributed by atoms with Crippen LogP contribution in [0.4, 0.5) is 0 Å².